The lowest BCUT2D eigenvalue weighted by Gasteiger charge is -2.19. The lowest BCUT2D eigenvalue weighted by atomic mass is 9.96. The highest BCUT2D eigenvalue weighted by atomic mass is 32.2. The largest absolute Gasteiger partial charge is 0.399 e. The predicted octanol–water partition coefficient (Wildman–Crippen LogP) is 2.24. The third kappa shape index (κ3) is 2.77. The van der Waals surface area contributed by atoms with Crippen LogP contribution >= 0.6 is 0 Å². The van der Waals surface area contributed by atoms with Gasteiger partial charge in [-0.3, -0.25) is 0 Å². The standard InChI is InChI=1S/C14H22N2O2S/c1-10(2)12-6-7-16(9-12)19(17,18)14-8-13(15)5-4-11(14)3/h4-5,8,10,12H,6-7,9,15H2,1-3H3. The van der Waals surface area contributed by atoms with E-state index in [9.17, 15) is 8.42 Å². The summed E-state index contributed by atoms with van der Waals surface area (Å²) in [5.74, 6) is 0.971. The zero-order chi connectivity index (χ0) is 14.2. The number of hydrogen-bond donors (Lipinski definition) is 1. The maximum atomic E-state index is 12.6. The molecule has 0 spiro atoms. The van der Waals surface area contributed by atoms with Crippen molar-refractivity contribution in [3.8, 4) is 0 Å². The average Bonchev–Trinajstić information content (AvgIpc) is 2.82. The number of anilines is 1. The van der Waals surface area contributed by atoms with Gasteiger partial charge >= 0.3 is 0 Å². The van der Waals surface area contributed by atoms with Crippen molar-refractivity contribution in [2.45, 2.75) is 32.1 Å². The quantitative estimate of drug-likeness (QED) is 0.865. The molecule has 1 unspecified atom stereocenters. The minimum atomic E-state index is -3.40. The summed E-state index contributed by atoms with van der Waals surface area (Å²) in [6, 6.07) is 5.06. The van der Waals surface area contributed by atoms with Gasteiger partial charge in [0, 0.05) is 18.8 Å². The maximum Gasteiger partial charge on any atom is 0.243 e. The van der Waals surface area contributed by atoms with Crippen LogP contribution in [-0.4, -0.2) is 25.8 Å². The zero-order valence-corrected chi connectivity index (χ0v) is 12.6. The van der Waals surface area contributed by atoms with E-state index in [-0.39, 0.29) is 0 Å². The SMILES string of the molecule is Cc1ccc(N)cc1S(=O)(=O)N1CCC(C(C)C)C1. The normalized spacial score (nSPS) is 21.2. The van der Waals surface area contributed by atoms with Crippen LogP contribution in [0.5, 0.6) is 0 Å². The van der Waals surface area contributed by atoms with Gasteiger partial charge in [0.15, 0.2) is 0 Å². The Hall–Kier alpha value is -1.07. The third-order valence-electron chi connectivity index (χ3n) is 3.96. The highest BCUT2D eigenvalue weighted by Gasteiger charge is 2.34. The summed E-state index contributed by atoms with van der Waals surface area (Å²) in [6.45, 7) is 7.33. The summed E-state index contributed by atoms with van der Waals surface area (Å²) in [5, 5.41) is 0. The summed E-state index contributed by atoms with van der Waals surface area (Å²) in [5.41, 5.74) is 6.96. The summed E-state index contributed by atoms with van der Waals surface area (Å²) in [7, 11) is -3.40. The van der Waals surface area contributed by atoms with Gasteiger partial charge in [0.1, 0.15) is 0 Å². The predicted molar refractivity (Wildman–Crippen MR) is 77.3 cm³/mol. The molecule has 2 N–H and O–H groups in total. The van der Waals surface area contributed by atoms with E-state index in [0.717, 1.165) is 12.0 Å². The van der Waals surface area contributed by atoms with Crippen LogP contribution < -0.4 is 5.73 Å². The molecular weight excluding hydrogens is 260 g/mol. The molecule has 0 amide bonds. The molecule has 0 radical (unpaired) electrons. The molecule has 19 heavy (non-hydrogen) atoms. The lowest BCUT2D eigenvalue weighted by Crippen LogP contribution is -2.30. The minimum absolute atomic E-state index is 0.344. The van der Waals surface area contributed by atoms with Crippen LogP contribution in [0, 0.1) is 18.8 Å². The molecule has 106 valence electrons. The highest BCUT2D eigenvalue weighted by molar-refractivity contribution is 7.89. The van der Waals surface area contributed by atoms with E-state index in [1.807, 2.05) is 6.92 Å². The number of nitrogens with two attached hydrogens (primary N) is 1. The second-order valence-electron chi connectivity index (χ2n) is 5.68. The third-order valence-corrected chi connectivity index (χ3v) is 5.97. The molecule has 2 rings (SSSR count). The Morgan fingerprint density at radius 2 is 2.05 bits per heavy atom. The molecule has 5 heteroatoms. The Kier molecular flexibility index (Phi) is 3.87. The lowest BCUT2D eigenvalue weighted by molar-refractivity contribution is 0.388. The van der Waals surface area contributed by atoms with Crippen molar-refractivity contribution in [2.24, 2.45) is 11.8 Å². The van der Waals surface area contributed by atoms with Crippen LogP contribution in [-0.2, 0) is 10.0 Å². The Morgan fingerprint density at radius 1 is 1.37 bits per heavy atom. The first-order valence-electron chi connectivity index (χ1n) is 6.68. The monoisotopic (exact) mass is 282 g/mol. The fourth-order valence-electron chi connectivity index (χ4n) is 2.55. The molecule has 0 aliphatic carbocycles. The van der Waals surface area contributed by atoms with Gasteiger partial charge in [0.05, 0.1) is 4.90 Å². The number of benzene rings is 1. The molecule has 1 atom stereocenters. The van der Waals surface area contributed by atoms with Gasteiger partial charge in [-0.25, -0.2) is 8.42 Å². The molecule has 1 fully saturated rings. The van der Waals surface area contributed by atoms with Crippen molar-refractivity contribution in [3.05, 3.63) is 23.8 Å². The van der Waals surface area contributed by atoms with Gasteiger partial charge in [0.25, 0.3) is 0 Å². The molecule has 1 aliphatic rings. The molecule has 1 aromatic carbocycles. The maximum absolute atomic E-state index is 12.6. The Balaban J connectivity index is 2.31. The van der Waals surface area contributed by atoms with Crippen LogP contribution in [0.25, 0.3) is 0 Å². The Bertz CT molecular complexity index is 567. The smallest absolute Gasteiger partial charge is 0.243 e. The van der Waals surface area contributed by atoms with E-state index in [2.05, 4.69) is 13.8 Å². The van der Waals surface area contributed by atoms with Gasteiger partial charge in [0.2, 0.25) is 10.0 Å². The molecule has 1 aliphatic heterocycles. The van der Waals surface area contributed by atoms with E-state index in [0.29, 0.717) is 35.5 Å². The van der Waals surface area contributed by atoms with Crippen molar-refractivity contribution in [2.75, 3.05) is 18.8 Å². The van der Waals surface area contributed by atoms with E-state index in [4.69, 9.17) is 5.73 Å². The van der Waals surface area contributed by atoms with Gasteiger partial charge in [-0.2, -0.15) is 4.31 Å². The first-order valence-corrected chi connectivity index (χ1v) is 8.12. The summed E-state index contributed by atoms with van der Waals surface area (Å²) in [6.07, 6.45) is 0.943. The molecular formula is C14H22N2O2S. The van der Waals surface area contributed by atoms with Crippen molar-refractivity contribution < 1.29 is 8.42 Å². The molecule has 1 saturated heterocycles. The van der Waals surface area contributed by atoms with Crippen LogP contribution in [0.2, 0.25) is 0 Å². The average molecular weight is 282 g/mol. The fourth-order valence-corrected chi connectivity index (χ4v) is 4.32. The molecule has 0 saturated carbocycles. The number of aryl methyl sites for hydroxylation is 1. The van der Waals surface area contributed by atoms with E-state index < -0.39 is 10.0 Å². The summed E-state index contributed by atoms with van der Waals surface area (Å²) < 4.78 is 26.9. The van der Waals surface area contributed by atoms with Gasteiger partial charge in [-0.1, -0.05) is 19.9 Å². The van der Waals surface area contributed by atoms with Gasteiger partial charge in [-0.05, 0) is 42.9 Å². The number of rotatable bonds is 3. The summed E-state index contributed by atoms with van der Waals surface area (Å²) in [4.78, 5) is 0.344. The molecule has 1 aromatic rings. The van der Waals surface area contributed by atoms with Crippen LogP contribution in [0.1, 0.15) is 25.8 Å². The van der Waals surface area contributed by atoms with Gasteiger partial charge < -0.3 is 5.73 Å². The van der Waals surface area contributed by atoms with Gasteiger partial charge in [-0.15, -0.1) is 0 Å². The number of nitrogens with zero attached hydrogens (tertiary/aromatic N) is 1. The Labute approximate surface area is 115 Å². The first-order chi connectivity index (χ1) is 8.82. The van der Waals surface area contributed by atoms with Crippen molar-refractivity contribution >= 4 is 15.7 Å². The number of sulfonamides is 1. The van der Waals surface area contributed by atoms with E-state index in [1.54, 1.807) is 22.5 Å². The second kappa shape index (κ2) is 5.13. The topological polar surface area (TPSA) is 63.4 Å². The minimum Gasteiger partial charge on any atom is -0.399 e. The zero-order valence-electron chi connectivity index (χ0n) is 11.8. The molecule has 0 bridgehead atoms. The Morgan fingerprint density at radius 3 is 2.63 bits per heavy atom. The summed E-state index contributed by atoms with van der Waals surface area (Å²) >= 11 is 0. The van der Waals surface area contributed by atoms with E-state index >= 15 is 0 Å². The van der Waals surface area contributed by atoms with Crippen LogP contribution in [0.3, 0.4) is 0 Å². The fraction of sp³-hybridized carbons (Fsp3) is 0.571. The highest BCUT2D eigenvalue weighted by Crippen LogP contribution is 2.30. The molecule has 0 aromatic heterocycles. The number of hydrogen-bond acceptors (Lipinski definition) is 3. The molecule has 1 heterocycles. The van der Waals surface area contributed by atoms with Crippen molar-refractivity contribution in [1.29, 1.82) is 0 Å². The van der Waals surface area contributed by atoms with Crippen molar-refractivity contribution in [3.63, 3.8) is 0 Å². The number of nitrogen functional groups attached to an aromatic ring is 1. The van der Waals surface area contributed by atoms with Crippen LogP contribution in [0.15, 0.2) is 23.1 Å². The first kappa shape index (κ1) is 14.3. The van der Waals surface area contributed by atoms with Crippen LogP contribution in [0.4, 0.5) is 5.69 Å². The van der Waals surface area contributed by atoms with Crippen molar-refractivity contribution in [1.82, 2.24) is 4.31 Å². The van der Waals surface area contributed by atoms with E-state index in [1.165, 1.54) is 0 Å². The molecule has 4 nitrogen and oxygen atoms in total. The second-order valence-corrected chi connectivity index (χ2v) is 7.59.